The van der Waals surface area contributed by atoms with Crippen molar-refractivity contribution in [1.82, 2.24) is 0 Å². The van der Waals surface area contributed by atoms with Gasteiger partial charge >= 0.3 is 5.97 Å². The molecule has 0 atom stereocenters. The van der Waals surface area contributed by atoms with Crippen molar-refractivity contribution in [2.45, 2.75) is 19.1 Å². The highest BCUT2D eigenvalue weighted by atomic mass is 19.1. The molecule has 0 bridgehead atoms. The van der Waals surface area contributed by atoms with Crippen LogP contribution in [-0.2, 0) is 9.47 Å². The first-order chi connectivity index (χ1) is 13.5. The Kier molecular flexibility index (Phi) is 6.19. The van der Waals surface area contributed by atoms with Crippen LogP contribution in [0.5, 0.6) is 0 Å². The highest BCUT2D eigenvalue weighted by Crippen LogP contribution is 2.32. The van der Waals surface area contributed by atoms with E-state index in [1.807, 2.05) is 6.08 Å². The molecule has 2 aromatic rings. The number of benzene rings is 2. The van der Waals surface area contributed by atoms with Gasteiger partial charge in [0.25, 0.3) is 0 Å². The molecule has 0 aromatic heterocycles. The van der Waals surface area contributed by atoms with Gasteiger partial charge in [-0.1, -0.05) is 18.2 Å². The average Bonchev–Trinajstić information content (AvgIpc) is 2.72. The van der Waals surface area contributed by atoms with Crippen LogP contribution in [0.15, 0.2) is 49.1 Å². The average molecular weight is 381 g/mol. The Morgan fingerprint density at radius 3 is 2.64 bits per heavy atom. The number of halogens is 1. The molecule has 3 rings (SSSR count). The maximum atomic E-state index is 14.0. The molecule has 0 unspecified atom stereocenters. The lowest BCUT2D eigenvalue weighted by Crippen LogP contribution is -2.27. The fraction of sp³-hybridized carbons (Fsp3) is 0.273. The molecule has 144 valence electrons. The van der Waals surface area contributed by atoms with Crippen LogP contribution < -0.4 is 0 Å². The first kappa shape index (κ1) is 19.7. The molecule has 0 aliphatic carbocycles. The highest BCUT2D eigenvalue weighted by molar-refractivity contribution is 5.96. The number of ether oxygens (including phenoxy) is 2. The largest absolute Gasteiger partial charge is 0.478 e. The third-order valence-electron chi connectivity index (χ3n) is 4.69. The van der Waals surface area contributed by atoms with Crippen LogP contribution >= 0.6 is 0 Å². The molecule has 1 saturated heterocycles. The molecule has 1 aliphatic rings. The predicted octanol–water partition coefficient (Wildman–Crippen LogP) is 4.69. The molecule has 5 nitrogen and oxygen atoms in total. The second kappa shape index (κ2) is 8.79. The molecule has 1 N–H and O–H groups in total. The molecule has 0 amide bonds. The Morgan fingerprint density at radius 2 is 2.04 bits per heavy atom. The summed E-state index contributed by atoms with van der Waals surface area (Å²) in [6.07, 6.45) is 3.08. The molecule has 1 aliphatic heterocycles. The summed E-state index contributed by atoms with van der Waals surface area (Å²) in [6, 6.07) is 10.5. The van der Waals surface area contributed by atoms with Crippen molar-refractivity contribution >= 4 is 5.97 Å². The zero-order valence-electron chi connectivity index (χ0n) is 15.2. The minimum atomic E-state index is -1.12. The van der Waals surface area contributed by atoms with Crippen molar-refractivity contribution in [2.75, 3.05) is 13.2 Å². The lowest BCUT2D eigenvalue weighted by molar-refractivity contribution is -0.205. The van der Waals surface area contributed by atoms with Crippen molar-refractivity contribution < 1.29 is 23.8 Å². The van der Waals surface area contributed by atoms with Crippen LogP contribution in [0.2, 0.25) is 0 Å². The maximum Gasteiger partial charge on any atom is 0.336 e. The Bertz CT molecular complexity index is 927. The van der Waals surface area contributed by atoms with Gasteiger partial charge < -0.3 is 14.6 Å². The molecule has 1 heterocycles. The van der Waals surface area contributed by atoms with Crippen molar-refractivity contribution in [3.63, 3.8) is 0 Å². The van der Waals surface area contributed by atoms with Crippen LogP contribution in [0.1, 0.15) is 40.6 Å². The Hall–Kier alpha value is -3.01. The summed E-state index contributed by atoms with van der Waals surface area (Å²) in [5.41, 5.74) is 1.31. The minimum Gasteiger partial charge on any atom is -0.478 e. The van der Waals surface area contributed by atoms with E-state index in [-0.39, 0.29) is 11.1 Å². The van der Waals surface area contributed by atoms with E-state index in [2.05, 4.69) is 6.58 Å². The SMILES string of the molecule is C=CCCC1COC(c2ccc(C(=O)O)c(-c3ccc(C#N)c(F)c3)c2)OC1. The molecular formula is C22H20FNO4. The van der Waals surface area contributed by atoms with E-state index < -0.39 is 18.1 Å². The predicted molar refractivity (Wildman–Crippen MR) is 101 cm³/mol. The van der Waals surface area contributed by atoms with Gasteiger partial charge in [-0.3, -0.25) is 0 Å². The molecule has 6 heteroatoms. The van der Waals surface area contributed by atoms with Gasteiger partial charge in [0, 0.05) is 11.5 Å². The zero-order chi connectivity index (χ0) is 20.1. The summed E-state index contributed by atoms with van der Waals surface area (Å²) < 4.78 is 25.7. The molecule has 28 heavy (non-hydrogen) atoms. The van der Waals surface area contributed by atoms with E-state index in [0.717, 1.165) is 18.9 Å². The number of carboxylic acid groups (broad SMARTS) is 1. The molecule has 2 aromatic carbocycles. The van der Waals surface area contributed by atoms with Crippen LogP contribution in [0.25, 0.3) is 11.1 Å². The normalized spacial score (nSPS) is 19.0. The van der Waals surface area contributed by atoms with E-state index in [0.29, 0.717) is 35.8 Å². The molecule has 0 radical (unpaired) electrons. The summed E-state index contributed by atoms with van der Waals surface area (Å²) in [7, 11) is 0. The second-order valence-electron chi connectivity index (χ2n) is 6.65. The van der Waals surface area contributed by atoms with E-state index in [1.165, 1.54) is 18.2 Å². The van der Waals surface area contributed by atoms with E-state index >= 15 is 0 Å². The number of hydrogen-bond donors (Lipinski definition) is 1. The zero-order valence-corrected chi connectivity index (χ0v) is 15.2. The van der Waals surface area contributed by atoms with Gasteiger partial charge in [0.1, 0.15) is 11.9 Å². The topological polar surface area (TPSA) is 79.5 Å². The van der Waals surface area contributed by atoms with Gasteiger partial charge in [-0.15, -0.1) is 6.58 Å². The third-order valence-corrected chi connectivity index (χ3v) is 4.69. The summed E-state index contributed by atoms with van der Waals surface area (Å²) >= 11 is 0. The van der Waals surface area contributed by atoms with Gasteiger partial charge in [-0.05, 0) is 48.2 Å². The Balaban J connectivity index is 1.89. The number of carboxylic acids is 1. The number of nitrogens with zero attached hydrogens (tertiary/aromatic N) is 1. The fourth-order valence-corrected chi connectivity index (χ4v) is 3.16. The van der Waals surface area contributed by atoms with Gasteiger partial charge in [0.2, 0.25) is 0 Å². The summed E-state index contributed by atoms with van der Waals surface area (Å²) in [4.78, 5) is 11.6. The minimum absolute atomic E-state index is 0.0347. The first-order valence-corrected chi connectivity index (χ1v) is 8.95. The molecule has 0 saturated carbocycles. The smallest absolute Gasteiger partial charge is 0.336 e. The van der Waals surface area contributed by atoms with Gasteiger partial charge in [0.05, 0.1) is 24.3 Å². The fourth-order valence-electron chi connectivity index (χ4n) is 3.16. The molecule has 0 spiro atoms. The van der Waals surface area contributed by atoms with E-state index in [4.69, 9.17) is 14.7 Å². The quantitative estimate of drug-likeness (QED) is 0.734. The van der Waals surface area contributed by atoms with Crippen LogP contribution in [0.4, 0.5) is 4.39 Å². The molecule has 1 fully saturated rings. The van der Waals surface area contributed by atoms with Crippen molar-refractivity contribution in [1.29, 1.82) is 5.26 Å². The number of rotatable bonds is 6. The number of aromatic carboxylic acids is 1. The molecular weight excluding hydrogens is 361 g/mol. The summed E-state index contributed by atoms with van der Waals surface area (Å²) in [5, 5.41) is 18.4. The van der Waals surface area contributed by atoms with Crippen LogP contribution in [0, 0.1) is 23.1 Å². The number of carbonyl (C=O) groups is 1. The summed E-state index contributed by atoms with van der Waals surface area (Å²) in [5.74, 6) is -1.53. The van der Waals surface area contributed by atoms with Gasteiger partial charge in [-0.2, -0.15) is 5.26 Å². The number of nitriles is 1. The lowest BCUT2D eigenvalue weighted by atomic mass is 9.95. The summed E-state index contributed by atoms with van der Waals surface area (Å²) in [6.45, 7) is 4.79. The van der Waals surface area contributed by atoms with Gasteiger partial charge in [-0.25, -0.2) is 9.18 Å². The van der Waals surface area contributed by atoms with Crippen molar-refractivity contribution in [3.8, 4) is 17.2 Å². The van der Waals surface area contributed by atoms with Crippen LogP contribution in [-0.4, -0.2) is 24.3 Å². The second-order valence-corrected chi connectivity index (χ2v) is 6.65. The highest BCUT2D eigenvalue weighted by Gasteiger charge is 2.25. The number of hydrogen-bond acceptors (Lipinski definition) is 4. The van der Waals surface area contributed by atoms with E-state index in [9.17, 15) is 14.3 Å². The Morgan fingerprint density at radius 1 is 1.29 bits per heavy atom. The Labute approximate surface area is 162 Å². The first-order valence-electron chi connectivity index (χ1n) is 8.95. The standard InChI is InChI=1S/C22H20FNO4/c1-2-3-4-14-12-27-22(28-13-14)16-7-8-18(21(25)26)19(9-16)15-5-6-17(11-24)20(23)10-15/h2,5-10,14,22H,1,3-4,12-13H2,(H,25,26). The number of allylic oxidation sites excluding steroid dienone is 1. The lowest BCUT2D eigenvalue weighted by Gasteiger charge is -2.29. The monoisotopic (exact) mass is 381 g/mol. The van der Waals surface area contributed by atoms with E-state index in [1.54, 1.807) is 18.2 Å². The van der Waals surface area contributed by atoms with Crippen LogP contribution in [0.3, 0.4) is 0 Å². The van der Waals surface area contributed by atoms with Crippen molar-refractivity contribution in [3.05, 3.63) is 71.6 Å². The maximum absolute atomic E-state index is 14.0. The van der Waals surface area contributed by atoms with Gasteiger partial charge in [0.15, 0.2) is 6.29 Å². The van der Waals surface area contributed by atoms with Crippen molar-refractivity contribution in [2.24, 2.45) is 5.92 Å². The third kappa shape index (κ3) is 4.28.